The minimum Gasteiger partial charge on any atom is -0.450 e. The molecule has 2 fully saturated rings. The zero-order valence-corrected chi connectivity index (χ0v) is 15.4. The van der Waals surface area contributed by atoms with Gasteiger partial charge in [-0.1, -0.05) is 12.8 Å². The van der Waals surface area contributed by atoms with E-state index in [2.05, 4.69) is 15.6 Å². The molecular formula is C19H28N4O3. The Hall–Kier alpha value is -2.31. The first-order chi connectivity index (χ1) is 12.7. The molecule has 0 atom stereocenters. The van der Waals surface area contributed by atoms with Crippen molar-refractivity contribution in [1.29, 1.82) is 0 Å². The van der Waals surface area contributed by atoms with Crippen LogP contribution in [0.4, 0.5) is 10.6 Å². The third kappa shape index (κ3) is 4.86. The van der Waals surface area contributed by atoms with Gasteiger partial charge in [-0.05, 0) is 44.7 Å². The van der Waals surface area contributed by atoms with Crippen LogP contribution in [0.5, 0.6) is 0 Å². The molecule has 1 saturated carbocycles. The second-order valence-electron chi connectivity index (χ2n) is 6.99. The first-order valence-electron chi connectivity index (χ1n) is 9.61. The fourth-order valence-corrected chi connectivity index (χ4v) is 3.58. The van der Waals surface area contributed by atoms with E-state index in [0.717, 1.165) is 31.5 Å². The van der Waals surface area contributed by atoms with E-state index in [1.54, 1.807) is 11.1 Å². The van der Waals surface area contributed by atoms with Crippen molar-refractivity contribution in [3.8, 4) is 0 Å². The molecule has 0 radical (unpaired) electrons. The Kier molecular flexibility index (Phi) is 6.30. The highest BCUT2D eigenvalue weighted by Gasteiger charge is 2.24. The molecular weight excluding hydrogens is 332 g/mol. The van der Waals surface area contributed by atoms with E-state index in [9.17, 15) is 9.59 Å². The number of ether oxygens (including phenoxy) is 1. The number of nitrogens with one attached hydrogen (secondary N) is 2. The van der Waals surface area contributed by atoms with Crippen molar-refractivity contribution < 1.29 is 14.3 Å². The Labute approximate surface area is 154 Å². The zero-order valence-electron chi connectivity index (χ0n) is 15.4. The van der Waals surface area contributed by atoms with E-state index in [1.807, 2.05) is 19.1 Å². The number of carbonyl (C=O) groups is 2. The van der Waals surface area contributed by atoms with Crippen molar-refractivity contribution in [3.63, 3.8) is 0 Å². The molecule has 7 heteroatoms. The summed E-state index contributed by atoms with van der Waals surface area (Å²) in [6.45, 7) is 3.58. The van der Waals surface area contributed by atoms with Gasteiger partial charge in [0.2, 0.25) is 0 Å². The van der Waals surface area contributed by atoms with Crippen LogP contribution in [-0.2, 0) is 4.74 Å². The molecule has 0 bridgehead atoms. The topological polar surface area (TPSA) is 83.6 Å². The summed E-state index contributed by atoms with van der Waals surface area (Å²) in [5.41, 5.74) is 0.597. The molecule has 26 heavy (non-hydrogen) atoms. The molecule has 7 nitrogen and oxygen atoms in total. The monoisotopic (exact) mass is 360 g/mol. The number of nitrogens with zero attached hydrogens (tertiary/aromatic N) is 2. The zero-order chi connectivity index (χ0) is 18.4. The highest BCUT2D eigenvalue weighted by atomic mass is 16.6. The lowest BCUT2D eigenvalue weighted by Crippen LogP contribution is -2.42. The van der Waals surface area contributed by atoms with Crippen molar-refractivity contribution in [2.75, 3.05) is 25.0 Å². The minimum absolute atomic E-state index is 0.0429. The number of rotatable bonds is 5. The Morgan fingerprint density at radius 1 is 1.15 bits per heavy atom. The molecule has 2 amide bonds. The van der Waals surface area contributed by atoms with E-state index < -0.39 is 0 Å². The smallest absolute Gasteiger partial charge is 0.409 e. The van der Waals surface area contributed by atoms with Gasteiger partial charge in [-0.25, -0.2) is 9.78 Å². The Morgan fingerprint density at radius 2 is 1.88 bits per heavy atom. The maximum atomic E-state index is 12.2. The van der Waals surface area contributed by atoms with E-state index in [4.69, 9.17) is 4.74 Å². The summed E-state index contributed by atoms with van der Waals surface area (Å²) in [6, 6.07) is 4.24. The summed E-state index contributed by atoms with van der Waals surface area (Å²) in [4.78, 5) is 30.1. The second-order valence-corrected chi connectivity index (χ2v) is 6.99. The van der Waals surface area contributed by atoms with Crippen LogP contribution in [0.3, 0.4) is 0 Å². The minimum atomic E-state index is -0.235. The molecule has 0 unspecified atom stereocenters. The Morgan fingerprint density at radius 3 is 2.50 bits per heavy atom. The number of likely N-dealkylation sites (tertiary alicyclic amines) is 1. The molecule has 1 aliphatic carbocycles. The van der Waals surface area contributed by atoms with Crippen molar-refractivity contribution in [3.05, 3.63) is 23.9 Å². The van der Waals surface area contributed by atoms with Gasteiger partial charge in [0.25, 0.3) is 5.91 Å². The van der Waals surface area contributed by atoms with Gasteiger partial charge in [0.05, 0.1) is 12.2 Å². The average molecular weight is 360 g/mol. The normalized spacial score (nSPS) is 18.6. The molecule has 2 aliphatic rings. The number of amides is 2. The predicted molar refractivity (Wildman–Crippen MR) is 99.2 cm³/mol. The third-order valence-corrected chi connectivity index (χ3v) is 5.09. The fraction of sp³-hybridized carbons (Fsp3) is 0.632. The molecule has 2 heterocycles. The second kappa shape index (κ2) is 8.87. The van der Waals surface area contributed by atoms with Crippen LogP contribution in [-0.4, -0.2) is 53.7 Å². The molecule has 1 aromatic rings. The van der Waals surface area contributed by atoms with Crippen LogP contribution in [0.1, 0.15) is 55.8 Å². The maximum absolute atomic E-state index is 12.2. The maximum Gasteiger partial charge on any atom is 0.409 e. The van der Waals surface area contributed by atoms with Crippen LogP contribution in [0.2, 0.25) is 0 Å². The van der Waals surface area contributed by atoms with E-state index in [1.165, 1.54) is 12.8 Å². The number of hydrogen-bond donors (Lipinski definition) is 2. The third-order valence-electron chi connectivity index (χ3n) is 5.09. The Balaban J connectivity index is 1.46. The van der Waals surface area contributed by atoms with Gasteiger partial charge in [-0.15, -0.1) is 0 Å². The van der Waals surface area contributed by atoms with Gasteiger partial charge < -0.3 is 20.3 Å². The van der Waals surface area contributed by atoms with E-state index >= 15 is 0 Å². The average Bonchev–Trinajstić information content (AvgIpc) is 3.16. The Bertz CT molecular complexity index is 606. The molecule has 2 N–H and O–H groups in total. The molecule has 1 saturated heterocycles. The lowest BCUT2D eigenvalue weighted by atomic mass is 10.1. The molecule has 0 spiro atoms. The quantitative estimate of drug-likeness (QED) is 0.844. The summed E-state index contributed by atoms with van der Waals surface area (Å²) in [5, 5.41) is 6.46. The highest BCUT2D eigenvalue weighted by Crippen LogP contribution is 2.19. The van der Waals surface area contributed by atoms with Gasteiger partial charge in [0.15, 0.2) is 0 Å². The lowest BCUT2D eigenvalue weighted by Gasteiger charge is -2.31. The molecule has 1 aromatic heterocycles. The van der Waals surface area contributed by atoms with Crippen LogP contribution < -0.4 is 10.6 Å². The lowest BCUT2D eigenvalue weighted by molar-refractivity contribution is 0.0936. The number of carbonyl (C=O) groups excluding carboxylic acids is 2. The highest BCUT2D eigenvalue weighted by molar-refractivity contribution is 5.94. The summed E-state index contributed by atoms with van der Waals surface area (Å²) in [5.74, 6) is 0.718. The number of pyridine rings is 1. The number of piperidine rings is 1. The van der Waals surface area contributed by atoms with Crippen molar-refractivity contribution in [2.45, 2.75) is 57.5 Å². The fourth-order valence-electron chi connectivity index (χ4n) is 3.58. The van der Waals surface area contributed by atoms with Gasteiger partial charge in [0, 0.05) is 31.4 Å². The number of aromatic nitrogens is 1. The van der Waals surface area contributed by atoms with Crippen molar-refractivity contribution in [1.82, 2.24) is 15.2 Å². The van der Waals surface area contributed by atoms with Gasteiger partial charge >= 0.3 is 6.09 Å². The number of hydrogen-bond acceptors (Lipinski definition) is 5. The van der Waals surface area contributed by atoms with Crippen molar-refractivity contribution in [2.24, 2.45) is 0 Å². The van der Waals surface area contributed by atoms with Crippen LogP contribution in [0, 0.1) is 0 Å². The van der Waals surface area contributed by atoms with Crippen LogP contribution in [0.15, 0.2) is 18.3 Å². The number of anilines is 1. The molecule has 3 rings (SSSR count). The first-order valence-corrected chi connectivity index (χ1v) is 9.61. The SMILES string of the molecule is CCOC(=O)N1CCC(Nc2ccc(C(=O)NC3CCCC3)cn2)CC1. The van der Waals surface area contributed by atoms with Crippen LogP contribution in [0.25, 0.3) is 0 Å². The van der Waals surface area contributed by atoms with Gasteiger partial charge in [0.1, 0.15) is 5.82 Å². The predicted octanol–water partition coefficient (Wildman–Crippen LogP) is 2.79. The summed E-state index contributed by atoms with van der Waals surface area (Å²) >= 11 is 0. The van der Waals surface area contributed by atoms with E-state index in [0.29, 0.717) is 31.3 Å². The largest absolute Gasteiger partial charge is 0.450 e. The summed E-state index contributed by atoms with van der Waals surface area (Å²) in [7, 11) is 0. The molecule has 1 aliphatic heterocycles. The van der Waals surface area contributed by atoms with Gasteiger partial charge in [-0.3, -0.25) is 4.79 Å². The molecule has 142 valence electrons. The summed E-state index contributed by atoms with van der Waals surface area (Å²) < 4.78 is 5.03. The first kappa shape index (κ1) is 18.5. The van der Waals surface area contributed by atoms with Crippen molar-refractivity contribution >= 4 is 17.8 Å². The van der Waals surface area contributed by atoms with Crippen LogP contribution >= 0.6 is 0 Å². The van der Waals surface area contributed by atoms with Gasteiger partial charge in [-0.2, -0.15) is 0 Å². The molecule has 0 aromatic carbocycles. The summed E-state index contributed by atoms with van der Waals surface area (Å²) in [6.07, 6.45) is 7.63. The van der Waals surface area contributed by atoms with E-state index in [-0.39, 0.29) is 18.0 Å². The standard InChI is InChI=1S/C19H28N4O3/c1-2-26-19(25)23-11-9-16(10-12-23)21-17-8-7-14(13-20-17)18(24)22-15-5-3-4-6-15/h7-8,13,15-16H,2-6,9-12H2,1H3,(H,20,21)(H,22,24).